The van der Waals surface area contributed by atoms with Crippen molar-refractivity contribution >= 4 is 5.95 Å². The van der Waals surface area contributed by atoms with Crippen molar-refractivity contribution in [3.63, 3.8) is 0 Å². The van der Waals surface area contributed by atoms with Gasteiger partial charge in [-0.05, 0) is 17.6 Å². The van der Waals surface area contributed by atoms with Gasteiger partial charge in [0, 0.05) is 58.9 Å². The van der Waals surface area contributed by atoms with Gasteiger partial charge in [0.2, 0.25) is 5.89 Å². The van der Waals surface area contributed by atoms with E-state index in [1.807, 2.05) is 43.8 Å². The highest BCUT2D eigenvalue weighted by Crippen LogP contribution is 2.33. The van der Waals surface area contributed by atoms with Crippen molar-refractivity contribution in [2.24, 2.45) is 13.0 Å². The van der Waals surface area contributed by atoms with E-state index in [1.165, 1.54) is 5.56 Å². The van der Waals surface area contributed by atoms with Crippen LogP contribution in [0.25, 0.3) is 0 Å². The molecule has 1 aliphatic rings. The van der Waals surface area contributed by atoms with Gasteiger partial charge in [-0.1, -0.05) is 0 Å². The SMILES string of the molecule is CCOC[C@@H]1CN(Cc2nc(N(C)C)no2)C[C@H]1c1cnn(C)c1. The third-order valence-electron chi connectivity index (χ3n) is 4.42. The third kappa shape index (κ3) is 3.76. The molecular formula is C16H26N6O2. The summed E-state index contributed by atoms with van der Waals surface area (Å²) in [6, 6.07) is 0. The second kappa shape index (κ2) is 7.31. The minimum Gasteiger partial charge on any atom is -0.381 e. The Morgan fingerprint density at radius 3 is 2.83 bits per heavy atom. The molecule has 1 saturated heterocycles. The van der Waals surface area contributed by atoms with E-state index < -0.39 is 0 Å². The Bertz CT molecular complexity index is 653. The second-order valence-corrected chi connectivity index (χ2v) is 6.55. The maximum atomic E-state index is 5.70. The van der Waals surface area contributed by atoms with Crippen molar-refractivity contribution in [1.29, 1.82) is 0 Å². The molecule has 8 nitrogen and oxygen atoms in total. The van der Waals surface area contributed by atoms with Gasteiger partial charge < -0.3 is 14.2 Å². The number of anilines is 1. The summed E-state index contributed by atoms with van der Waals surface area (Å²) in [5.41, 5.74) is 1.27. The van der Waals surface area contributed by atoms with Gasteiger partial charge in [-0.25, -0.2) is 0 Å². The highest BCUT2D eigenvalue weighted by Gasteiger charge is 2.35. The number of nitrogens with zero attached hydrogens (tertiary/aromatic N) is 6. The number of likely N-dealkylation sites (tertiary alicyclic amines) is 1. The van der Waals surface area contributed by atoms with Crippen LogP contribution in [0.2, 0.25) is 0 Å². The summed E-state index contributed by atoms with van der Waals surface area (Å²) in [5, 5.41) is 8.30. The maximum absolute atomic E-state index is 5.70. The molecule has 3 rings (SSSR count). The van der Waals surface area contributed by atoms with Crippen LogP contribution in [-0.4, -0.2) is 65.2 Å². The summed E-state index contributed by atoms with van der Waals surface area (Å²) in [6.45, 7) is 6.11. The van der Waals surface area contributed by atoms with E-state index in [9.17, 15) is 0 Å². The zero-order valence-corrected chi connectivity index (χ0v) is 14.8. The van der Waals surface area contributed by atoms with Gasteiger partial charge in [0.05, 0.1) is 19.3 Å². The Hall–Kier alpha value is -1.93. The van der Waals surface area contributed by atoms with Gasteiger partial charge >= 0.3 is 0 Å². The van der Waals surface area contributed by atoms with Crippen LogP contribution in [0.5, 0.6) is 0 Å². The van der Waals surface area contributed by atoms with E-state index in [0.717, 1.165) is 26.3 Å². The topological polar surface area (TPSA) is 72.5 Å². The highest BCUT2D eigenvalue weighted by molar-refractivity contribution is 5.23. The molecule has 0 amide bonds. The van der Waals surface area contributed by atoms with Crippen molar-refractivity contribution in [3.05, 3.63) is 23.8 Å². The zero-order valence-electron chi connectivity index (χ0n) is 14.8. The fourth-order valence-electron chi connectivity index (χ4n) is 3.22. The zero-order chi connectivity index (χ0) is 17.1. The number of ether oxygens (including phenoxy) is 1. The molecule has 0 spiro atoms. The lowest BCUT2D eigenvalue weighted by Gasteiger charge is -2.16. The summed E-state index contributed by atoms with van der Waals surface area (Å²) in [6.07, 6.45) is 4.06. The van der Waals surface area contributed by atoms with E-state index in [2.05, 4.69) is 26.3 Å². The molecular weight excluding hydrogens is 308 g/mol. The van der Waals surface area contributed by atoms with E-state index in [1.54, 1.807) is 0 Å². The van der Waals surface area contributed by atoms with Crippen LogP contribution in [-0.2, 0) is 18.3 Å². The second-order valence-electron chi connectivity index (χ2n) is 6.55. The van der Waals surface area contributed by atoms with E-state index in [4.69, 9.17) is 9.26 Å². The quantitative estimate of drug-likeness (QED) is 0.751. The lowest BCUT2D eigenvalue weighted by molar-refractivity contribution is 0.106. The summed E-state index contributed by atoms with van der Waals surface area (Å²) in [7, 11) is 5.76. The molecule has 0 aliphatic carbocycles. The molecule has 0 radical (unpaired) electrons. The van der Waals surface area contributed by atoms with Crippen LogP contribution in [0.1, 0.15) is 24.3 Å². The standard InChI is InChI=1S/C16H26N6O2/c1-5-23-11-13-8-22(9-14(13)12-6-17-21(4)7-12)10-15-18-16(19-24-15)20(2)3/h6-7,13-14H,5,8-11H2,1-4H3/t13-,14-/m0/s1. The normalized spacial score (nSPS) is 21.5. The minimum absolute atomic E-state index is 0.418. The predicted octanol–water partition coefficient (Wildman–Crippen LogP) is 1.12. The molecule has 1 fully saturated rings. The fraction of sp³-hybridized carbons (Fsp3) is 0.688. The first-order chi connectivity index (χ1) is 11.6. The molecule has 24 heavy (non-hydrogen) atoms. The molecule has 3 heterocycles. The molecule has 2 aromatic rings. The number of aryl methyl sites for hydroxylation is 1. The Morgan fingerprint density at radius 2 is 2.21 bits per heavy atom. The van der Waals surface area contributed by atoms with Crippen LogP contribution >= 0.6 is 0 Å². The predicted molar refractivity (Wildman–Crippen MR) is 89.8 cm³/mol. The van der Waals surface area contributed by atoms with Crippen LogP contribution in [0.15, 0.2) is 16.9 Å². The average Bonchev–Trinajstić information content (AvgIpc) is 3.25. The van der Waals surface area contributed by atoms with Gasteiger partial charge in [0.15, 0.2) is 0 Å². The maximum Gasteiger partial charge on any atom is 0.265 e. The van der Waals surface area contributed by atoms with Crippen LogP contribution in [0, 0.1) is 5.92 Å². The largest absolute Gasteiger partial charge is 0.381 e. The van der Waals surface area contributed by atoms with Gasteiger partial charge in [-0.2, -0.15) is 10.1 Å². The smallest absolute Gasteiger partial charge is 0.265 e. The first kappa shape index (κ1) is 16.9. The molecule has 132 valence electrons. The molecule has 2 aromatic heterocycles. The van der Waals surface area contributed by atoms with E-state index in [0.29, 0.717) is 30.2 Å². The molecule has 0 N–H and O–H groups in total. The Morgan fingerprint density at radius 1 is 1.38 bits per heavy atom. The molecule has 1 aliphatic heterocycles. The average molecular weight is 334 g/mol. The summed E-state index contributed by atoms with van der Waals surface area (Å²) in [4.78, 5) is 8.62. The number of aromatic nitrogens is 4. The van der Waals surface area contributed by atoms with Crippen molar-refractivity contribution in [2.75, 3.05) is 45.3 Å². The molecule has 0 unspecified atom stereocenters. The third-order valence-corrected chi connectivity index (χ3v) is 4.42. The van der Waals surface area contributed by atoms with Crippen LogP contribution < -0.4 is 4.90 Å². The molecule has 0 aromatic carbocycles. The van der Waals surface area contributed by atoms with Crippen molar-refractivity contribution < 1.29 is 9.26 Å². The summed E-state index contributed by atoms with van der Waals surface area (Å²) in [5.74, 6) is 2.13. The lowest BCUT2D eigenvalue weighted by atomic mass is 9.92. The first-order valence-electron chi connectivity index (χ1n) is 8.35. The van der Waals surface area contributed by atoms with Gasteiger partial charge in [0.25, 0.3) is 5.95 Å². The fourth-order valence-corrected chi connectivity index (χ4v) is 3.22. The monoisotopic (exact) mass is 334 g/mol. The Kier molecular flexibility index (Phi) is 5.15. The van der Waals surface area contributed by atoms with E-state index >= 15 is 0 Å². The Labute approximate surface area is 142 Å². The van der Waals surface area contributed by atoms with Gasteiger partial charge in [-0.15, -0.1) is 0 Å². The van der Waals surface area contributed by atoms with Crippen LogP contribution in [0.3, 0.4) is 0 Å². The van der Waals surface area contributed by atoms with Crippen molar-refractivity contribution in [3.8, 4) is 0 Å². The van der Waals surface area contributed by atoms with Gasteiger partial charge in [-0.3, -0.25) is 9.58 Å². The number of hydrogen-bond donors (Lipinski definition) is 0. The van der Waals surface area contributed by atoms with Crippen LogP contribution in [0.4, 0.5) is 5.95 Å². The molecule has 0 saturated carbocycles. The minimum atomic E-state index is 0.418. The highest BCUT2D eigenvalue weighted by atomic mass is 16.5. The summed E-state index contributed by atoms with van der Waals surface area (Å²) < 4.78 is 12.9. The van der Waals surface area contributed by atoms with Crippen molar-refractivity contribution in [2.45, 2.75) is 19.4 Å². The molecule has 2 atom stereocenters. The molecule has 8 heteroatoms. The number of rotatable bonds is 7. The summed E-state index contributed by atoms with van der Waals surface area (Å²) >= 11 is 0. The van der Waals surface area contributed by atoms with E-state index in [-0.39, 0.29) is 0 Å². The lowest BCUT2D eigenvalue weighted by Crippen LogP contribution is -2.21. The molecule has 0 bridgehead atoms. The number of hydrogen-bond acceptors (Lipinski definition) is 7. The van der Waals surface area contributed by atoms with Crippen molar-refractivity contribution in [1.82, 2.24) is 24.8 Å². The Balaban J connectivity index is 1.68. The first-order valence-corrected chi connectivity index (χ1v) is 8.35. The van der Waals surface area contributed by atoms with Gasteiger partial charge in [0.1, 0.15) is 0 Å².